The number of nitrogens with zero attached hydrogens (tertiary/aromatic N) is 3. The molecule has 2 heterocycles. The van der Waals surface area contributed by atoms with Crippen molar-refractivity contribution in [3.8, 4) is 0 Å². The summed E-state index contributed by atoms with van der Waals surface area (Å²) in [6.07, 6.45) is 1.66. The maximum atomic E-state index is 12.7. The molecular formula is C18H23N5O2. The van der Waals surface area contributed by atoms with Crippen molar-refractivity contribution in [2.45, 2.75) is 52.0 Å². The molecule has 0 saturated carbocycles. The van der Waals surface area contributed by atoms with E-state index in [1.54, 1.807) is 0 Å². The summed E-state index contributed by atoms with van der Waals surface area (Å²) < 4.78 is 1.52. The largest absolute Gasteiger partial charge is 0.324 e. The van der Waals surface area contributed by atoms with Crippen LogP contribution in [0, 0.1) is 0 Å². The molecular weight excluding hydrogens is 318 g/mol. The molecule has 0 spiro atoms. The summed E-state index contributed by atoms with van der Waals surface area (Å²) in [7, 11) is 0. The van der Waals surface area contributed by atoms with Crippen LogP contribution in [0.2, 0.25) is 0 Å². The fourth-order valence-corrected chi connectivity index (χ4v) is 2.82. The number of aryl methyl sites for hydroxylation is 1. The topological polar surface area (TPSA) is 88.9 Å². The van der Waals surface area contributed by atoms with E-state index in [1.165, 1.54) is 10.2 Å². The van der Waals surface area contributed by atoms with Crippen molar-refractivity contribution < 1.29 is 9.59 Å². The second kappa shape index (κ2) is 7.04. The van der Waals surface area contributed by atoms with Crippen LogP contribution in [0.3, 0.4) is 0 Å². The van der Waals surface area contributed by atoms with Gasteiger partial charge in [0.25, 0.3) is 0 Å². The average Bonchev–Trinajstić information content (AvgIpc) is 2.97. The zero-order chi connectivity index (χ0) is 18.0. The first-order chi connectivity index (χ1) is 12.0. The number of benzene rings is 1. The van der Waals surface area contributed by atoms with Crippen LogP contribution in [0.25, 0.3) is 0 Å². The van der Waals surface area contributed by atoms with Crippen molar-refractivity contribution in [1.29, 1.82) is 0 Å². The van der Waals surface area contributed by atoms with Gasteiger partial charge in [-0.3, -0.25) is 14.9 Å². The number of carbonyl (C=O) groups is 2. The molecule has 0 radical (unpaired) electrons. The van der Waals surface area contributed by atoms with E-state index in [4.69, 9.17) is 0 Å². The van der Waals surface area contributed by atoms with Gasteiger partial charge in [-0.25, -0.2) is 4.68 Å². The Labute approximate surface area is 146 Å². The van der Waals surface area contributed by atoms with Crippen molar-refractivity contribution in [2.75, 3.05) is 10.6 Å². The first-order valence-electron chi connectivity index (χ1n) is 8.64. The van der Waals surface area contributed by atoms with Gasteiger partial charge in [-0.15, -0.1) is 0 Å². The SMILES string of the molecule is CCCc1nc2n(n1)[C@@H](C(=O)Nc1ccc(C(C)C)cc1)CC(=O)N2. The lowest BCUT2D eigenvalue weighted by Crippen LogP contribution is -2.36. The summed E-state index contributed by atoms with van der Waals surface area (Å²) in [6, 6.07) is 7.05. The van der Waals surface area contributed by atoms with Gasteiger partial charge in [-0.05, 0) is 30.0 Å². The van der Waals surface area contributed by atoms with Crippen molar-refractivity contribution in [3.63, 3.8) is 0 Å². The minimum atomic E-state index is -0.688. The molecule has 2 N–H and O–H groups in total. The first-order valence-corrected chi connectivity index (χ1v) is 8.64. The number of rotatable bonds is 5. The quantitative estimate of drug-likeness (QED) is 0.875. The Kier molecular flexibility index (Phi) is 4.83. The summed E-state index contributed by atoms with van der Waals surface area (Å²) in [5.41, 5.74) is 1.91. The molecule has 0 fully saturated rings. The van der Waals surface area contributed by atoms with Crippen molar-refractivity contribution in [1.82, 2.24) is 14.8 Å². The van der Waals surface area contributed by atoms with Gasteiger partial charge < -0.3 is 5.32 Å². The Morgan fingerprint density at radius 1 is 1.36 bits per heavy atom. The van der Waals surface area contributed by atoms with Crippen LogP contribution in [-0.2, 0) is 16.0 Å². The molecule has 1 aliphatic rings. The third kappa shape index (κ3) is 3.70. The smallest absolute Gasteiger partial charge is 0.249 e. The molecule has 7 heteroatoms. The minimum absolute atomic E-state index is 0.0534. The molecule has 1 aromatic carbocycles. The summed E-state index contributed by atoms with van der Waals surface area (Å²) in [4.78, 5) is 28.9. The maximum Gasteiger partial charge on any atom is 0.249 e. The Hall–Kier alpha value is -2.70. The molecule has 2 aromatic rings. The van der Waals surface area contributed by atoms with Crippen LogP contribution in [0.1, 0.15) is 57.0 Å². The molecule has 7 nitrogen and oxygen atoms in total. The Bertz CT molecular complexity index is 779. The third-order valence-corrected chi connectivity index (χ3v) is 4.22. The second-order valence-electron chi connectivity index (χ2n) is 6.58. The summed E-state index contributed by atoms with van der Waals surface area (Å²) in [6.45, 7) is 6.27. The highest BCUT2D eigenvalue weighted by Gasteiger charge is 2.33. The fourth-order valence-electron chi connectivity index (χ4n) is 2.82. The minimum Gasteiger partial charge on any atom is -0.324 e. The monoisotopic (exact) mass is 341 g/mol. The summed E-state index contributed by atoms with van der Waals surface area (Å²) in [5.74, 6) is 0.926. The zero-order valence-electron chi connectivity index (χ0n) is 14.7. The standard InChI is InChI=1S/C18H23N5O2/c1-4-5-15-20-18-21-16(24)10-14(23(18)22-15)17(25)19-13-8-6-12(7-9-13)11(2)3/h6-9,11,14H,4-5,10H2,1-3H3,(H,19,25)(H,20,21,22,24)/t14-/m1/s1. The van der Waals surface area contributed by atoms with Crippen molar-refractivity contribution in [3.05, 3.63) is 35.7 Å². The summed E-state index contributed by atoms with van der Waals surface area (Å²) >= 11 is 0. The van der Waals surface area contributed by atoms with Gasteiger partial charge >= 0.3 is 0 Å². The molecule has 0 unspecified atom stereocenters. The van der Waals surface area contributed by atoms with E-state index in [9.17, 15) is 9.59 Å². The Morgan fingerprint density at radius 2 is 2.08 bits per heavy atom. The van der Waals surface area contributed by atoms with Crippen LogP contribution < -0.4 is 10.6 Å². The van der Waals surface area contributed by atoms with Gasteiger partial charge in [-0.2, -0.15) is 10.1 Å². The molecule has 2 amide bonds. The van der Waals surface area contributed by atoms with E-state index in [1.807, 2.05) is 31.2 Å². The van der Waals surface area contributed by atoms with E-state index in [0.29, 0.717) is 29.8 Å². The normalized spacial score (nSPS) is 16.5. The molecule has 0 aliphatic carbocycles. The number of hydrogen-bond donors (Lipinski definition) is 2. The van der Waals surface area contributed by atoms with Gasteiger partial charge in [0.1, 0.15) is 6.04 Å². The molecule has 132 valence electrons. The van der Waals surface area contributed by atoms with Crippen LogP contribution in [-0.4, -0.2) is 26.6 Å². The number of amides is 2. The van der Waals surface area contributed by atoms with Crippen molar-refractivity contribution >= 4 is 23.5 Å². The fraction of sp³-hybridized carbons (Fsp3) is 0.444. The predicted octanol–water partition coefficient (Wildman–Crippen LogP) is 2.88. The van der Waals surface area contributed by atoms with Crippen LogP contribution in [0.5, 0.6) is 0 Å². The number of hydrogen-bond acceptors (Lipinski definition) is 4. The van der Waals surface area contributed by atoms with E-state index in [-0.39, 0.29) is 18.2 Å². The number of fused-ring (bicyclic) bond motifs is 1. The number of aromatic nitrogens is 3. The zero-order valence-corrected chi connectivity index (χ0v) is 14.7. The van der Waals surface area contributed by atoms with Crippen LogP contribution in [0.4, 0.5) is 11.6 Å². The molecule has 0 saturated heterocycles. The average molecular weight is 341 g/mol. The first kappa shape index (κ1) is 17.1. The van der Waals surface area contributed by atoms with Gasteiger partial charge in [-0.1, -0.05) is 32.9 Å². The lowest BCUT2D eigenvalue weighted by Gasteiger charge is -2.22. The number of nitrogens with one attached hydrogen (secondary N) is 2. The highest BCUT2D eigenvalue weighted by Crippen LogP contribution is 2.25. The molecule has 3 rings (SSSR count). The van der Waals surface area contributed by atoms with E-state index >= 15 is 0 Å². The Balaban J connectivity index is 1.79. The van der Waals surface area contributed by atoms with Crippen LogP contribution >= 0.6 is 0 Å². The van der Waals surface area contributed by atoms with Crippen molar-refractivity contribution in [2.24, 2.45) is 0 Å². The molecule has 0 bridgehead atoms. The lowest BCUT2D eigenvalue weighted by atomic mass is 10.0. The van der Waals surface area contributed by atoms with Gasteiger partial charge in [0.15, 0.2) is 5.82 Å². The molecule has 1 atom stereocenters. The highest BCUT2D eigenvalue weighted by atomic mass is 16.2. The van der Waals surface area contributed by atoms with Gasteiger partial charge in [0.2, 0.25) is 17.8 Å². The highest BCUT2D eigenvalue weighted by molar-refractivity contribution is 6.00. The van der Waals surface area contributed by atoms with Gasteiger partial charge in [0, 0.05) is 12.1 Å². The Morgan fingerprint density at radius 3 is 2.72 bits per heavy atom. The number of carbonyl (C=O) groups excluding carboxylic acids is 2. The third-order valence-electron chi connectivity index (χ3n) is 4.22. The molecule has 1 aromatic heterocycles. The van der Waals surface area contributed by atoms with Gasteiger partial charge in [0.05, 0.1) is 6.42 Å². The van der Waals surface area contributed by atoms with E-state index in [0.717, 1.165) is 6.42 Å². The second-order valence-corrected chi connectivity index (χ2v) is 6.58. The summed E-state index contributed by atoms with van der Waals surface area (Å²) in [5, 5.41) is 9.94. The number of anilines is 2. The molecule has 1 aliphatic heterocycles. The van der Waals surface area contributed by atoms with E-state index < -0.39 is 6.04 Å². The molecule has 25 heavy (non-hydrogen) atoms. The van der Waals surface area contributed by atoms with Crippen LogP contribution in [0.15, 0.2) is 24.3 Å². The van der Waals surface area contributed by atoms with E-state index in [2.05, 4.69) is 34.6 Å². The lowest BCUT2D eigenvalue weighted by molar-refractivity contribution is -0.125. The maximum absolute atomic E-state index is 12.7. The predicted molar refractivity (Wildman–Crippen MR) is 95.5 cm³/mol.